The molecule has 5 nitrogen and oxygen atoms in total. The van der Waals surface area contributed by atoms with Crippen LogP contribution in [0, 0.1) is 6.92 Å². The fraction of sp³-hybridized carbons (Fsp3) is 0.333. The van der Waals surface area contributed by atoms with Crippen LogP contribution < -0.4 is 10.1 Å². The van der Waals surface area contributed by atoms with E-state index in [4.69, 9.17) is 9.26 Å². The third-order valence-corrected chi connectivity index (χ3v) is 4.69. The number of rotatable bonds is 5. The zero-order valence-electron chi connectivity index (χ0n) is 14.9. The van der Waals surface area contributed by atoms with Crippen molar-refractivity contribution in [1.82, 2.24) is 15.5 Å². The maximum Gasteiger partial charge on any atom is 0.261 e. The lowest BCUT2D eigenvalue weighted by atomic mass is 10.1. The van der Waals surface area contributed by atoms with Gasteiger partial charge in [-0.1, -0.05) is 47.6 Å². The van der Waals surface area contributed by atoms with Crippen molar-refractivity contribution in [2.75, 3.05) is 13.1 Å². The van der Waals surface area contributed by atoms with E-state index < -0.39 is 0 Å². The fourth-order valence-electron chi connectivity index (χ4n) is 3.27. The zero-order valence-corrected chi connectivity index (χ0v) is 14.9. The molecule has 1 aliphatic rings. The molecule has 0 bridgehead atoms. The molecule has 0 aliphatic carbocycles. The number of hydrogen-bond acceptors (Lipinski definition) is 5. The second-order valence-corrected chi connectivity index (χ2v) is 6.70. The van der Waals surface area contributed by atoms with Crippen molar-refractivity contribution in [3.63, 3.8) is 0 Å². The second kappa shape index (κ2) is 7.70. The molecule has 0 spiro atoms. The van der Waals surface area contributed by atoms with Crippen molar-refractivity contribution in [3.05, 3.63) is 65.5 Å². The van der Waals surface area contributed by atoms with E-state index >= 15 is 0 Å². The molecule has 0 atom stereocenters. The largest absolute Gasteiger partial charge is 0.489 e. The Balaban J connectivity index is 1.58. The number of ether oxygens (including phenoxy) is 1. The highest BCUT2D eigenvalue weighted by Gasteiger charge is 2.21. The Hall–Kier alpha value is -2.66. The molecule has 0 amide bonds. The number of piperidine rings is 1. The number of para-hydroxylation sites is 1. The van der Waals surface area contributed by atoms with Gasteiger partial charge < -0.3 is 14.6 Å². The molecule has 1 aliphatic heterocycles. The van der Waals surface area contributed by atoms with Gasteiger partial charge in [0.1, 0.15) is 11.9 Å². The van der Waals surface area contributed by atoms with Crippen molar-refractivity contribution < 1.29 is 9.26 Å². The average molecular weight is 349 g/mol. The summed E-state index contributed by atoms with van der Waals surface area (Å²) in [6.45, 7) is 4.04. The molecule has 1 saturated heterocycles. The van der Waals surface area contributed by atoms with Gasteiger partial charge in [-0.25, -0.2) is 0 Å². The van der Waals surface area contributed by atoms with Crippen molar-refractivity contribution in [2.24, 2.45) is 0 Å². The predicted octanol–water partition coefficient (Wildman–Crippen LogP) is 3.77. The average Bonchev–Trinajstić information content (AvgIpc) is 3.13. The molecule has 26 heavy (non-hydrogen) atoms. The summed E-state index contributed by atoms with van der Waals surface area (Å²) in [5.41, 5.74) is 3.12. The van der Waals surface area contributed by atoms with Gasteiger partial charge in [-0.15, -0.1) is 0 Å². The summed E-state index contributed by atoms with van der Waals surface area (Å²) in [5, 5.41) is 7.52. The summed E-state index contributed by atoms with van der Waals surface area (Å²) >= 11 is 0. The predicted molar refractivity (Wildman–Crippen MR) is 100 cm³/mol. The van der Waals surface area contributed by atoms with Crippen molar-refractivity contribution >= 4 is 0 Å². The summed E-state index contributed by atoms with van der Waals surface area (Å²) in [7, 11) is 0. The maximum atomic E-state index is 6.33. The number of benzene rings is 2. The summed E-state index contributed by atoms with van der Waals surface area (Å²) in [6, 6.07) is 16.2. The molecule has 4 rings (SSSR count). The number of hydrogen-bond donors (Lipinski definition) is 1. The molecule has 5 heteroatoms. The van der Waals surface area contributed by atoms with Crippen LogP contribution in [-0.2, 0) is 6.42 Å². The van der Waals surface area contributed by atoms with Gasteiger partial charge in [-0.2, -0.15) is 4.98 Å². The third kappa shape index (κ3) is 3.78. The second-order valence-electron chi connectivity index (χ2n) is 6.70. The lowest BCUT2D eigenvalue weighted by Gasteiger charge is -2.25. The quantitative estimate of drug-likeness (QED) is 0.760. The smallest absolute Gasteiger partial charge is 0.261 e. The maximum absolute atomic E-state index is 6.33. The summed E-state index contributed by atoms with van der Waals surface area (Å²) in [4.78, 5) is 4.60. The van der Waals surface area contributed by atoms with E-state index in [2.05, 4.69) is 40.6 Å². The summed E-state index contributed by atoms with van der Waals surface area (Å²) in [5.74, 6) is 2.05. The minimum absolute atomic E-state index is 0.225. The van der Waals surface area contributed by atoms with Gasteiger partial charge in [-0.3, -0.25) is 0 Å². The SMILES string of the molecule is Cc1cccc(-c2nc(Cc3ccccc3)no2)c1OC1CCNCC1. The van der Waals surface area contributed by atoms with Crippen LogP contribution in [0.2, 0.25) is 0 Å². The third-order valence-electron chi connectivity index (χ3n) is 4.69. The topological polar surface area (TPSA) is 60.2 Å². The van der Waals surface area contributed by atoms with Crippen LogP contribution in [0.5, 0.6) is 5.75 Å². The Morgan fingerprint density at radius 3 is 2.69 bits per heavy atom. The van der Waals surface area contributed by atoms with Gasteiger partial charge in [0.25, 0.3) is 5.89 Å². The van der Waals surface area contributed by atoms with Gasteiger partial charge in [0.05, 0.1) is 5.56 Å². The van der Waals surface area contributed by atoms with Crippen LogP contribution in [0.25, 0.3) is 11.5 Å². The van der Waals surface area contributed by atoms with Crippen molar-refractivity contribution in [2.45, 2.75) is 32.3 Å². The molecule has 0 saturated carbocycles. The number of aromatic nitrogens is 2. The number of nitrogens with one attached hydrogen (secondary N) is 1. The Morgan fingerprint density at radius 2 is 1.88 bits per heavy atom. The normalized spacial score (nSPS) is 15.1. The zero-order chi connectivity index (χ0) is 17.8. The molecule has 0 unspecified atom stereocenters. The van der Waals surface area contributed by atoms with Crippen molar-refractivity contribution in [3.8, 4) is 17.2 Å². The molecule has 3 aromatic rings. The Kier molecular flexibility index (Phi) is 4.97. The standard InChI is InChI=1S/C21H23N3O2/c1-15-6-5-9-18(20(15)25-17-10-12-22-13-11-17)21-23-19(24-26-21)14-16-7-3-2-4-8-16/h2-9,17,22H,10-14H2,1H3. The van der Waals surface area contributed by atoms with Crippen LogP contribution in [0.3, 0.4) is 0 Å². The van der Waals surface area contributed by atoms with E-state index in [9.17, 15) is 0 Å². The molecule has 1 aromatic heterocycles. The highest BCUT2D eigenvalue weighted by Crippen LogP contribution is 2.33. The molecule has 2 heterocycles. The molecule has 1 fully saturated rings. The van der Waals surface area contributed by atoms with Crippen LogP contribution in [0.4, 0.5) is 0 Å². The minimum atomic E-state index is 0.225. The van der Waals surface area contributed by atoms with Gasteiger partial charge in [0.2, 0.25) is 0 Å². The minimum Gasteiger partial charge on any atom is -0.489 e. The van der Waals surface area contributed by atoms with Gasteiger partial charge in [0, 0.05) is 6.42 Å². The first kappa shape index (κ1) is 16.8. The molecular formula is C21H23N3O2. The van der Waals surface area contributed by atoms with Crippen molar-refractivity contribution in [1.29, 1.82) is 0 Å². The van der Waals surface area contributed by atoms with E-state index in [0.717, 1.165) is 48.4 Å². The van der Waals surface area contributed by atoms with Gasteiger partial charge in [-0.05, 0) is 50.0 Å². The van der Waals surface area contributed by atoms with Gasteiger partial charge >= 0.3 is 0 Å². The Morgan fingerprint density at radius 1 is 1.08 bits per heavy atom. The number of nitrogens with zero attached hydrogens (tertiary/aromatic N) is 2. The number of aryl methyl sites for hydroxylation is 1. The van der Waals surface area contributed by atoms with Gasteiger partial charge in [0.15, 0.2) is 5.82 Å². The summed E-state index contributed by atoms with van der Waals surface area (Å²) < 4.78 is 11.9. The first-order chi connectivity index (χ1) is 12.8. The summed E-state index contributed by atoms with van der Waals surface area (Å²) in [6.07, 6.45) is 2.90. The van der Waals surface area contributed by atoms with E-state index in [1.54, 1.807) is 0 Å². The first-order valence-corrected chi connectivity index (χ1v) is 9.13. The molecule has 134 valence electrons. The van der Waals surface area contributed by atoms with Crippen LogP contribution in [0.15, 0.2) is 53.1 Å². The fourth-order valence-corrected chi connectivity index (χ4v) is 3.27. The van der Waals surface area contributed by atoms with Crippen LogP contribution in [0.1, 0.15) is 29.8 Å². The van der Waals surface area contributed by atoms with E-state index in [1.807, 2.05) is 30.3 Å². The Labute approximate surface area is 153 Å². The molecule has 1 N–H and O–H groups in total. The van der Waals surface area contributed by atoms with Crippen LogP contribution >= 0.6 is 0 Å². The van der Waals surface area contributed by atoms with Crippen LogP contribution in [-0.4, -0.2) is 29.3 Å². The van der Waals surface area contributed by atoms with E-state index in [0.29, 0.717) is 18.1 Å². The lowest BCUT2D eigenvalue weighted by molar-refractivity contribution is 0.162. The lowest BCUT2D eigenvalue weighted by Crippen LogP contribution is -2.34. The van der Waals surface area contributed by atoms with E-state index in [-0.39, 0.29) is 6.10 Å². The molecule has 0 radical (unpaired) electrons. The monoisotopic (exact) mass is 349 g/mol. The molecule has 2 aromatic carbocycles. The molecular weight excluding hydrogens is 326 g/mol. The Bertz CT molecular complexity index is 855. The highest BCUT2D eigenvalue weighted by atomic mass is 16.5. The first-order valence-electron chi connectivity index (χ1n) is 9.13. The van der Waals surface area contributed by atoms with E-state index in [1.165, 1.54) is 0 Å². The highest BCUT2D eigenvalue weighted by molar-refractivity contribution is 5.65.